The van der Waals surface area contributed by atoms with Crippen molar-refractivity contribution in [2.45, 2.75) is 24.1 Å². The van der Waals surface area contributed by atoms with Crippen molar-refractivity contribution in [1.82, 2.24) is 10.2 Å². The van der Waals surface area contributed by atoms with Gasteiger partial charge in [-0.15, -0.1) is 10.2 Å². The Morgan fingerprint density at radius 1 is 1.19 bits per heavy atom. The number of carbonyl (C=O) groups is 2. The molecule has 0 radical (unpaired) electrons. The number of thioether (sulfide) groups is 1. The molecule has 0 fully saturated rings. The molecule has 0 aliphatic carbocycles. The molecule has 1 aromatic heterocycles. The van der Waals surface area contributed by atoms with Crippen LogP contribution in [0.1, 0.15) is 30.1 Å². The Balaban J connectivity index is 1.80. The lowest BCUT2D eigenvalue weighted by molar-refractivity contribution is -0.116. The van der Waals surface area contributed by atoms with E-state index in [0.717, 1.165) is 10.1 Å². The summed E-state index contributed by atoms with van der Waals surface area (Å²) in [4.78, 5) is 23.7. The number of Topliss-reactive ketones (excluding diaryl/α,β-unsaturated/α-hetero) is 1. The summed E-state index contributed by atoms with van der Waals surface area (Å²) in [5, 5.41) is 11.0. The molecule has 0 bridgehead atoms. The van der Waals surface area contributed by atoms with Crippen molar-refractivity contribution < 1.29 is 9.59 Å². The predicted molar refractivity (Wildman–Crippen MR) is 84.9 cm³/mol. The van der Waals surface area contributed by atoms with Gasteiger partial charge in [-0.2, -0.15) is 0 Å². The number of nitrogens with one attached hydrogen (secondary N) is 1. The van der Waals surface area contributed by atoms with Crippen molar-refractivity contribution in [3.05, 3.63) is 35.9 Å². The monoisotopic (exact) mass is 321 g/mol. The average molecular weight is 321 g/mol. The highest BCUT2D eigenvalue weighted by Crippen LogP contribution is 2.25. The van der Waals surface area contributed by atoms with E-state index < -0.39 is 0 Å². The Morgan fingerprint density at radius 2 is 1.95 bits per heavy atom. The van der Waals surface area contributed by atoms with Crippen molar-refractivity contribution in [2.24, 2.45) is 0 Å². The molecular formula is C14H15N3O2S2. The third kappa shape index (κ3) is 4.95. The third-order valence-corrected chi connectivity index (χ3v) is 4.45. The number of hydrogen-bond acceptors (Lipinski definition) is 6. The number of anilines is 1. The van der Waals surface area contributed by atoms with Crippen LogP contribution in [-0.4, -0.2) is 27.6 Å². The average Bonchev–Trinajstić information content (AvgIpc) is 2.93. The summed E-state index contributed by atoms with van der Waals surface area (Å²) in [6.45, 7) is 2.03. The van der Waals surface area contributed by atoms with Gasteiger partial charge in [0.25, 0.3) is 0 Å². The quantitative estimate of drug-likeness (QED) is 0.481. The van der Waals surface area contributed by atoms with Crippen molar-refractivity contribution in [3.8, 4) is 0 Å². The summed E-state index contributed by atoms with van der Waals surface area (Å²) in [6, 6.07) is 8.96. The van der Waals surface area contributed by atoms with Crippen LogP contribution in [0.4, 0.5) is 5.13 Å². The predicted octanol–water partition coefficient (Wildman–Crippen LogP) is 3.25. The minimum absolute atomic E-state index is 0.0368. The highest BCUT2D eigenvalue weighted by Gasteiger charge is 2.11. The molecule has 7 heteroatoms. The van der Waals surface area contributed by atoms with Crippen LogP contribution in [0.3, 0.4) is 0 Å². The second-order valence-electron chi connectivity index (χ2n) is 4.14. The van der Waals surface area contributed by atoms with Crippen molar-refractivity contribution in [3.63, 3.8) is 0 Å². The van der Waals surface area contributed by atoms with E-state index in [1.165, 1.54) is 11.3 Å². The second kappa shape index (κ2) is 7.90. The Kier molecular flexibility index (Phi) is 5.89. The molecule has 1 heterocycles. The number of amides is 1. The van der Waals surface area contributed by atoms with Gasteiger partial charge in [0, 0.05) is 18.4 Å². The summed E-state index contributed by atoms with van der Waals surface area (Å²) < 4.78 is 0.827. The Morgan fingerprint density at radius 3 is 2.67 bits per heavy atom. The molecule has 0 unspecified atom stereocenters. The van der Waals surface area contributed by atoms with E-state index in [0.29, 0.717) is 10.7 Å². The van der Waals surface area contributed by atoms with Crippen LogP contribution in [0.15, 0.2) is 34.7 Å². The summed E-state index contributed by atoms with van der Waals surface area (Å²) >= 11 is 2.92. The maximum Gasteiger partial charge on any atom is 0.226 e. The normalized spacial score (nSPS) is 10.3. The molecule has 5 nitrogen and oxygen atoms in total. The molecule has 0 aliphatic rings. The van der Waals surface area contributed by atoms with E-state index in [2.05, 4.69) is 15.5 Å². The van der Waals surface area contributed by atoms with Gasteiger partial charge in [-0.1, -0.05) is 60.4 Å². The number of rotatable bonds is 7. The molecule has 110 valence electrons. The van der Waals surface area contributed by atoms with Gasteiger partial charge in [-0.05, 0) is 5.75 Å². The molecule has 0 saturated heterocycles. The maximum atomic E-state index is 11.9. The molecular weight excluding hydrogens is 306 g/mol. The van der Waals surface area contributed by atoms with Crippen molar-refractivity contribution in [1.29, 1.82) is 0 Å². The number of aromatic nitrogens is 2. The third-order valence-electron chi connectivity index (χ3n) is 2.60. The first-order valence-corrected chi connectivity index (χ1v) is 8.33. The SMILES string of the molecule is CCSc1nnc(NC(=O)CCC(=O)c2ccccc2)s1. The number of carbonyl (C=O) groups excluding carboxylic acids is 2. The van der Waals surface area contributed by atoms with Crippen LogP contribution >= 0.6 is 23.1 Å². The van der Waals surface area contributed by atoms with Crippen LogP contribution in [0, 0.1) is 0 Å². The first-order valence-electron chi connectivity index (χ1n) is 6.53. The largest absolute Gasteiger partial charge is 0.300 e. The smallest absolute Gasteiger partial charge is 0.226 e. The molecule has 0 saturated carbocycles. The Hall–Kier alpha value is -1.73. The lowest BCUT2D eigenvalue weighted by Gasteiger charge is -2.01. The molecule has 0 atom stereocenters. The van der Waals surface area contributed by atoms with Gasteiger partial charge in [-0.25, -0.2) is 0 Å². The van der Waals surface area contributed by atoms with Gasteiger partial charge in [0.05, 0.1) is 0 Å². The fourth-order valence-electron chi connectivity index (χ4n) is 1.62. The van der Waals surface area contributed by atoms with Crippen molar-refractivity contribution in [2.75, 3.05) is 11.1 Å². The lowest BCUT2D eigenvalue weighted by atomic mass is 10.1. The second-order valence-corrected chi connectivity index (χ2v) is 6.63. The van der Waals surface area contributed by atoms with Gasteiger partial charge in [-0.3, -0.25) is 9.59 Å². The molecule has 21 heavy (non-hydrogen) atoms. The van der Waals surface area contributed by atoms with E-state index in [-0.39, 0.29) is 24.5 Å². The van der Waals surface area contributed by atoms with E-state index in [4.69, 9.17) is 0 Å². The summed E-state index contributed by atoms with van der Waals surface area (Å²) in [5.74, 6) is 0.655. The molecule has 1 N–H and O–H groups in total. The van der Waals surface area contributed by atoms with Crippen molar-refractivity contribution >= 4 is 39.9 Å². The zero-order chi connectivity index (χ0) is 15.1. The highest BCUT2D eigenvalue weighted by atomic mass is 32.2. The van der Waals surface area contributed by atoms with Gasteiger partial charge < -0.3 is 5.32 Å². The first kappa shape index (κ1) is 15.7. The fraction of sp³-hybridized carbons (Fsp3) is 0.286. The van der Waals surface area contributed by atoms with E-state index in [9.17, 15) is 9.59 Å². The van der Waals surface area contributed by atoms with Crippen LogP contribution in [-0.2, 0) is 4.79 Å². The van der Waals surface area contributed by atoms with E-state index in [1.807, 2.05) is 25.1 Å². The Labute approximate surface area is 131 Å². The maximum absolute atomic E-state index is 11.9. The topological polar surface area (TPSA) is 72.0 Å². The van der Waals surface area contributed by atoms with E-state index in [1.54, 1.807) is 23.9 Å². The number of nitrogens with zero attached hydrogens (tertiary/aromatic N) is 2. The molecule has 0 aliphatic heterocycles. The summed E-state index contributed by atoms with van der Waals surface area (Å²) in [5.41, 5.74) is 0.628. The molecule has 0 spiro atoms. The summed E-state index contributed by atoms with van der Waals surface area (Å²) in [6.07, 6.45) is 0.328. The van der Waals surface area contributed by atoms with Crippen LogP contribution in [0.25, 0.3) is 0 Å². The number of ketones is 1. The molecule has 1 amide bonds. The lowest BCUT2D eigenvalue weighted by Crippen LogP contribution is -2.13. The highest BCUT2D eigenvalue weighted by molar-refractivity contribution is 8.01. The summed E-state index contributed by atoms with van der Waals surface area (Å²) in [7, 11) is 0. The Bertz CT molecular complexity index is 614. The van der Waals surface area contributed by atoms with Crippen LogP contribution < -0.4 is 5.32 Å². The van der Waals surface area contributed by atoms with Gasteiger partial charge >= 0.3 is 0 Å². The zero-order valence-corrected chi connectivity index (χ0v) is 13.2. The molecule has 1 aromatic carbocycles. The van der Waals surface area contributed by atoms with E-state index >= 15 is 0 Å². The number of hydrogen-bond donors (Lipinski definition) is 1. The minimum atomic E-state index is -0.219. The number of benzene rings is 1. The standard InChI is InChI=1S/C14H15N3O2S2/c1-2-20-14-17-16-13(21-14)15-12(19)9-8-11(18)10-6-4-3-5-7-10/h3-7H,2,8-9H2,1H3,(H,15,16,19). The van der Waals surface area contributed by atoms with Crippen LogP contribution in [0.5, 0.6) is 0 Å². The first-order chi connectivity index (χ1) is 10.2. The minimum Gasteiger partial charge on any atom is -0.300 e. The molecule has 2 aromatic rings. The van der Waals surface area contributed by atoms with Crippen LogP contribution in [0.2, 0.25) is 0 Å². The van der Waals surface area contributed by atoms with Gasteiger partial charge in [0.1, 0.15) is 0 Å². The fourth-order valence-corrected chi connectivity index (χ4v) is 3.28. The zero-order valence-electron chi connectivity index (χ0n) is 11.5. The van der Waals surface area contributed by atoms with Gasteiger partial charge in [0.15, 0.2) is 10.1 Å². The molecule has 2 rings (SSSR count). The van der Waals surface area contributed by atoms with Gasteiger partial charge in [0.2, 0.25) is 11.0 Å².